The van der Waals surface area contributed by atoms with Crippen molar-refractivity contribution >= 4 is 10.1 Å². The third-order valence-corrected chi connectivity index (χ3v) is 6.48. The van der Waals surface area contributed by atoms with Gasteiger partial charge >= 0.3 is 29.6 Å². The van der Waals surface area contributed by atoms with Gasteiger partial charge in [0, 0.05) is 0 Å². The normalized spacial score (nSPS) is 11.2. The van der Waals surface area contributed by atoms with Crippen LogP contribution in [-0.4, -0.2) is 13.0 Å². The standard InChI is InChI=1S/C26H38O5S.Na/c1-2-3-4-5-6-7-8-9-10-11-12-13-14-22-19-23(27)21-25(20-22)31-24-15-17-26(18-16-24)32(28,29)30;/h15-21,27H,2-14H2,1H3,(H,28,29,30);/q;+1/p-1. The molecule has 0 atom stereocenters. The molecule has 0 aliphatic heterocycles. The summed E-state index contributed by atoms with van der Waals surface area (Å²) in [5.41, 5.74) is 0.953. The molecule has 0 aliphatic rings. The summed E-state index contributed by atoms with van der Waals surface area (Å²) in [7, 11) is -4.24. The van der Waals surface area contributed by atoms with Crippen molar-refractivity contribution in [1.82, 2.24) is 0 Å². The zero-order valence-corrected chi connectivity index (χ0v) is 23.0. The molecule has 2 aromatic rings. The molecule has 0 saturated carbocycles. The van der Waals surface area contributed by atoms with Gasteiger partial charge in [-0.3, -0.25) is 4.55 Å². The van der Waals surface area contributed by atoms with Gasteiger partial charge in [-0.05, 0) is 54.8 Å². The number of benzene rings is 2. The quantitative estimate of drug-likeness (QED) is 0.221. The Labute approximate surface area is 222 Å². The van der Waals surface area contributed by atoms with Crippen LogP contribution in [0.4, 0.5) is 0 Å². The molecule has 0 unspecified atom stereocenters. The van der Waals surface area contributed by atoms with E-state index in [2.05, 4.69) is 6.92 Å². The summed E-state index contributed by atoms with van der Waals surface area (Å²) in [5, 5.41) is 12.0. The number of hydrogen-bond donors (Lipinski definition) is 1. The van der Waals surface area contributed by atoms with Crippen LogP contribution in [0.1, 0.15) is 89.5 Å². The Morgan fingerprint density at radius 1 is 0.758 bits per heavy atom. The number of hydrogen-bond acceptors (Lipinski definition) is 4. The fourth-order valence-corrected chi connectivity index (χ4v) is 4.30. The van der Waals surface area contributed by atoms with Gasteiger partial charge in [-0.15, -0.1) is 5.75 Å². The van der Waals surface area contributed by atoms with Crippen LogP contribution in [-0.2, 0) is 16.5 Å². The summed E-state index contributed by atoms with van der Waals surface area (Å²) in [6, 6.07) is 10.3. The zero-order valence-electron chi connectivity index (χ0n) is 20.2. The van der Waals surface area contributed by atoms with Gasteiger partial charge in [0.15, 0.2) is 0 Å². The first-order valence-corrected chi connectivity index (χ1v) is 13.4. The molecule has 1 N–H and O–H groups in total. The van der Waals surface area contributed by atoms with Crippen LogP contribution in [0.25, 0.3) is 0 Å². The maximum absolute atomic E-state index is 12.0. The van der Waals surface area contributed by atoms with Crippen molar-refractivity contribution in [2.75, 3.05) is 0 Å². The van der Waals surface area contributed by atoms with Crippen LogP contribution in [0.3, 0.4) is 0 Å². The van der Waals surface area contributed by atoms with Gasteiger partial charge in [-0.25, -0.2) is 0 Å². The SMILES string of the molecule is CCCCCCCCCCCCCCc1cc([O-])cc(Oc2ccc(S(=O)(=O)O)cc2)c1.[Na+]. The largest absolute Gasteiger partial charge is 1.00 e. The van der Waals surface area contributed by atoms with E-state index >= 15 is 0 Å². The molecular weight excluding hydrogens is 447 g/mol. The minimum absolute atomic E-state index is 0. The monoisotopic (exact) mass is 484 g/mol. The predicted octanol–water partition coefficient (Wildman–Crippen LogP) is 4.05. The Bertz CT molecular complexity index is 897. The molecule has 0 fully saturated rings. The van der Waals surface area contributed by atoms with Gasteiger partial charge < -0.3 is 9.84 Å². The maximum Gasteiger partial charge on any atom is 1.00 e. The Hall–Kier alpha value is -1.05. The molecule has 178 valence electrons. The van der Waals surface area contributed by atoms with Crippen molar-refractivity contribution in [3.8, 4) is 17.2 Å². The van der Waals surface area contributed by atoms with E-state index in [4.69, 9.17) is 9.29 Å². The van der Waals surface area contributed by atoms with Crippen molar-refractivity contribution in [2.45, 2.75) is 95.3 Å². The van der Waals surface area contributed by atoms with E-state index < -0.39 is 10.1 Å². The van der Waals surface area contributed by atoms with Gasteiger partial charge in [0.05, 0.1) is 4.90 Å². The summed E-state index contributed by atoms with van der Waals surface area (Å²) in [6.45, 7) is 2.25. The van der Waals surface area contributed by atoms with E-state index in [0.717, 1.165) is 24.8 Å². The molecule has 0 aromatic heterocycles. The van der Waals surface area contributed by atoms with E-state index in [1.165, 1.54) is 94.5 Å². The molecule has 2 rings (SSSR count). The van der Waals surface area contributed by atoms with Crippen LogP contribution >= 0.6 is 0 Å². The molecule has 0 aliphatic carbocycles. The van der Waals surface area contributed by atoms with E-state index in [1.807, 2.05) is 6.07 Å². The smallest absolute Gasteiger partial charge is 0.872 e. The first-order valence-electron chi connectivity index (χ1n) is 11.9. The molecule has 5 nitrogen and oxygen atoms in total. The van der Waals surface area contributed by atoms with Crippen LogP contribution in [0.5, 0.6) is 17.2 Å². The Morgan fingerprint density at radius 2 is 1.27 bits per heavy atom. The maximum atomic E-state index is 12.0. The molecule has 7 heteroatoms. The molecule has 2 aromatic carbocycles. The van der Waals surface area contributed by atoms with Crippen molar-refractivity contribution in [3.05, 3.63) is 48.0 Å². The summed E-state index contributed by atoms with van der Waals surface area (Å²) >= 11 is 0. The van der Waals surface area contributed by atoms with Crippen LogP contribution < -0.4 is 39.4 Å². The average Bonchev–Trinajstić information content (AvgIpc) is 2.74. The molecular formula is C26H37NaO5S. The average molecular weight is 485 g/mol. The van der Waals surface area contributed by atoms with Crippen molar-refractivity contribution < 1.29 is 52.4 Å². The Morgan fingerprint density at radius 3 is 1.79 bits per heavy atom. The number of rotatable bonds is 16. The third-order valence-electron chi connectivity index (χ3n) is 5.62. The second kappa shape index (κ2) is 16.6. The van der Waals surface area contributed by atoms with Crippen molar-refractivity contribution in [1.29, 1.82) is 0 Å². The topological polar surface area (TPSA) is 86.7 Å². The van der Waals surface area contributed by atoms with Crippen LogP contribution in [0.2, 0.25) is 0 Å². The Balaban J connectivity index is 0.00000544. The van der Waals surface area contributed by atoms with Crippen molar-refractivity contribution in [2.24, 2.45) is 0 Å². The molecule has 0 radical (unpaired) electrons. The van der Waals surface area contributed by atoms with Gasteiger partial charge in [0.25, 0.3) is 10.1 Å². The molecule has 33 heavy (non-hydrogen) atoms. The summed E-state index contributed by atoms with van der Waals surface area (Å²) in [4.78, 5) is -0.199. The van der Waals surface area contributed by atoms with Gasteiger partial charge in [-0.2, -0.15) is 8.42 Å². The van der Waals surface area contributed by atoms with Gasteiger partial charge in [0.2, 0.25) is 0 Å². The van der Waals surface area contributed by atoms with Crippen LogP contribution in [0.15, 0.2) is 47.4 Å². The number of ether oxygens (including phenoxy) is 1. The molecule has 0 heterocycles. The fourth-order valence-electron chi connectivity index (χ4n) is 3.82. The van der Waals surface area contributed by atoms with E-state index in [0.29, 0.717) is 11.5 Å². The fraction of sp³-hybridized carbons (Fsp3) is 0.538. The first-order chi connectivity index (χ1) is 15.4. The number of aryl methyl sites for hydroxylation is 1. The molecule has 0 bridgehead atoms. The third kappa shape index (κ3) is 12.8. The van der Waals surface area contributed by atoms with Crippen LogP contribution in [0, 0.1) is 0 Å². The minimum Gasteiger partial charge on any atom is -0.872 e. The molecule has 0 spiro atoms. The van der Waals surface area contributed by atoms with Gasteiger partial charge in [0.1, 0.15) is 11.5 Å². The second-order valence-electron chi connectivity index (χ2n) is 8.50. The van der Waals surface area contributed by atoms with E-state index in [9.17, 15) is 13.5 Å². The Kier molecular flexibility index (Phi) is 15.0. The number of unbranched alkanes of at least 4 members (excludes halogenated alkanes) is 11. The van der Waals surface area contributed by atoms with E-state index in [1.54, 1.807) is 6.07 Å². The zero-order chi connectivity index (χ0) is 23.2. The summed E-state index contributed by atoms with van der Waals surface area (Å²) in [6.07, 6.45) is 16.4. The summed E-state index contributed by atoms with van der Waals surface area (Å²) in [5.74, 6) is 0.733. The predicted molar refractivity (Wildman–Crippen MR) is 127 cm³/mol. The van der Waals surface area contributed by atoms with E-state index in [-0.39, 0.29) is 40.2 Å². The molecule has 0 amide bonds. The first kappa shape index (κ1) is 30.0. The molecule has 0 saturated heterocycles. The minimum atomic E-state index is -4.24. The van der Waals surface area contributed by atoms with Crippen molar-refractivity contribution in [3.63, 3.8) is 0 Å². The van der Waals surface area contributed by atoms with Gasteiger partial charge in [-0.1, -0.05) is 83.6 Å². The second-order valence-corrected chi connectivity index (χ2v) is 9.92. The summed E-state index contributed by atoms with van der Waals surface area (Å²) < 4.78 is 37.0.